The number of aliphatic hydroxyl groups is 2. The van der Waals surface area contributed by atoms with Gasteiger partial charge in [-0.05, 0) is 46.5 Å². The second kappa shape index (κ2) is 7.81. The summed E-state index contributed by atoms with van der Waals surface area (Å²) in [6, 6.07) is -0.361. The van der Waals surface area contributed by atoms with Crippen molar-refractivity contribution in [2.75, 3.05) is 26.3 Å². The molecule has 2 aliphatic heterocycles. The van der Waals surface area contributed by atoms with Crippen molar-refractivity contribution in [3.63, 3.8) is 0 Å². The summed E-state index contributed by atoms with van der Waals surface area (Å²) in [6.07, 6.45) is 0.487. The van der Waals surface area contributed by atoms with Crippen molar-refractivity contribution in [3.05, 3.63) is 0 Å². The number of amides is 2. The van der Waals surface area contributed by atoms with Crippen molar-refractivity contribution < 1.29 is 29.6 Å². The lowest BCUT2D eigenvalue weighted by Crippen LogP contribution is -2.68. The zero-order valence-corrected chi connectivity index (χ0v) is 16.5. The first kappa shape index (κ1) is 21.7. The van der Waals surface area contributed by atoms with E-state index in [4.69, 9.17) is 10.5 Å². The maximum Gasteiger partial charge on any atom is 0.410 e. The highest BCUT2D eigenvalue weighted by molar-refractivity contribution is 5.70. The largest absolute Gasteiger partial charge is 0.465 e. The second-order valence-electron chi connectivity index (χ2n) is 8.54. The minimum absolute atomic E-state index is 0.0396. The number of hydrogen-bond acceptors (Lipinski definition) is 6. The first-order valence-electron chi connectivity index (χ1n) is 9.53. The van der Waals surface area contributed by atoms with Crippen molar-refractivity contribution in [2.45, 2.75) is 70.2 Å². The number of rotatable bonds is 5. The number of carbonyl (C=O) groups excluding carboxylic acids is 1. The molecule has 5 N–H and O–H groups in total. The van der Waals surface area contributed by atoms with Crippen LogP contribution >= 0.6 is 0 Å². The topological polar surface area (TPSA) is 137 Å². The van der Waals surface area contributed by atoms with E-state index in [0.717, 1.165) is 11.3 Å². The maximum absolute atomic E-state index is 12.8. The van der Waals surface area contributed by atoms with Gasteiger partial charge in [0, 0.05) is 44.2 Å². The molecule has 27 heavy (non-hydrogen) atoms. The number of carboxylic acid groups (broad SMARTS) is 1. The van der Waals surface area contributed by atoms with Gasteiger partial charge in [-0.3, -0.25) is 4.90 Å². The molecule has 0 aromatic rings. The fourth-order valence-corrected chi connectivity index (χ4v) is 4.86. The Morgan fingerprint density at radius 1 is 1.19 bits per heavy atom. The van der Waals surface area contributed by atoms with E-state index in [2.05, 4.69) is 0 Å². The Balaban J connectivity index is 2.44. The Hall–Kier alpha value is -1.58. The van der Waals surface area contributed by atoms with Crippen LogP contribution in [0.5, 0.6) is 0 Å². The second-order valence-corrected chi connectivity index (χ2v) is 8.54. The zero-order chi connectivity index (χ0) is 20.5. The number of hydrogen-bond donors (Lipinski definition) is 4. The lowest BCUT2D eigenvalue weighted by atomic mass is 9.65. The maximum atomic E-state index is 12.8. The standard InChI is InChI=1S/C18H33N3O6/c1-16(2,3)27-15(26)20-9-4-5-13(20)17(7-11-22)6-10-21(14(24)25)18(17,19)8-12-23/h13,22-23H,4-12,19H2,1-3H3,(H,24,25). The Morgan fingerprint density at radius 2 is 1.81 bits per heavy atom. The monoisotopic (exact) mass is 387 g/mol. The molecule has 2 fully saturated rings. The zero-order valence-electron chi connectivity index (χ0n) is 16.5. The smallest absolute Gasteiger partial charge is 0.410 e. The van der Waals surface area contributed by atoms with E-state index in [-0.39, 0.29) is 38.6 Å². The number of aliphatic hydroxyl groups excluding tert-OH is 2. The molecule has 9 nitrogen and oxygen atoms in total. The van der Waals surface area contributed by atoms with Gasteiger partial charge in [0.25, 0.3) is 0 Å². The number of nitrogens with two attached hydrogens (primary N) is 1. The van der Waals surface area contributed by atoms with E-state index in [9.17, 15) is 24.9 Å². The molecular formula is C18H33N3O6. The van der Waals surface area contributed by atoms with Crippen LogP contribution in [-0.2, 0) is 4.74 Å². The Kier molecular flexibility index (Phi) is 6.28. The molecule has 0 radical (unpaired) electrons. The van der Waals surface area contributed by atoms with Crippen LogP contribution in [-0.4, -0.2) is 80.9 Å². The van der Waals surface area contributed by atoms with Crippen LogP contribution in [0.3, 0.4) is 0 Å². The fraction of sp³-hybridized carbons (Fsp3) is 0.889. The summed E-state index contributed by atoms with van der Waals surface area (Å²) in [7, 11) is 0. The number of nitrogens with zero attached hydrogens (tertiary/aromatic N) is 2. The molecule has 0 bridgehead atoms. The molecule has 0 aliphatic carbocycles. The van der Waals surface area contributed by atoms with Gasteiger partial charge in [-0.1, -0.05) is 0 Å². The van der Waals surface area contributed by atoms with Gasteiger partial charge < -0.3 is 30.7 Å². The van der Waals surface area contributed by atoms with Gasteiger partial charge in [0.15, 0.2) is 0 Å². The van der Waals surface area contributed by atoms with Crippen LogP contribution in [0, 0.1) is 5.41 Å². The molecule has 2 aliphatic rings. The molecule has 2 amide bonds. The Bertz CT molecular complexity index is 566. The molecule has 2 saturated heterocycles. The van der Waals surface area contributed by atoms with E-state index in [1.165, 1.54) is 0 Å². The number of likely N-dealkylation sites (tertiary alicyclic amines) is 2. The van der Waals surface area contributed by atoms with Gasteiger partial charge in [0.05, 0.1) is 0 Å². The highest BCUT2D eigenvalue weighted by Gasteiger charge is 2.63. The van der Waals surface area contributed by atoms with Crippen LogP contribution in [0.1, 0.15) is 52.9 Å². The summed E-state index contributed by atoms with van der Waals surface area (Å²) in [5, 5.41) is 29.0. The molecule has 0 saturated carbocycles. The Labute approximate surface area is 160 Å². The van der Waals surface area contributed by atoms with Crippen LogP contribution in [0.25, 0.3) is 0 Å². The van der Waals surface area contributed by atoms with Crippen molar-refractivity contribution in [1.29, 1.82) is 0 Å². The van der Waals surface area contributed by atoms with E-state index >= 15 is 0 Å². The summed E-state index contributed by atoms with van der Waals surface area (Å²) in [4.78, 5) is 27.4. The normalized spacial score (nSPS) is 31.4. The predicted molar refractivity (Wildman–Crippen MR) is 98.1 cm³/mol. The average Bonchev–Trinajstić information content (AvgIpc) is 3.11. The molecular weight excluding hydrogens is 354 g/mol. The molecule has 0 aromatic carbocycles. The third-order valence-corrected chi connectivity index (χ3v) is 5.93. The highest BCUT2D eigenvalue weighted by atomic mass is 16.6. The van der Waals surface area contributed by atoms with Gasteiger partial charge in [0.1, 0.15) is 11.3 Å². The van der Waals surface area contributed by atoms with E-state index in [0.29, 0.717) is 19.4 Å². The van der Waals surface area contributed by atoms with Crippen molar-refractivity contribution >= 4 is 12.2 Å². The van der Waals surface area contributed by atoms with Crippen LogP contribution in [0.2, 0.25) is 0 Å². The van der Waals surface area contributed by atoms with Crippen LogP contribution < -0.4 is 5.73 Å². The summed E-state index contributed by atoms with van der Waals surface area (Å²) < 4.78 is 5.54. The SMILES string of the molecule is CC(C)(C)OC(=O)N1CCCC1C1(CCO)CCN(C(=O)O)C1(N)CCO. The minimum Gasteiger partial charge on any atom is -0.465 e. The van der Waals surface area contributed by atoms with Gasteiger partial charge >= 0.3 is 12.2 Å². The average molecular weight is 387 g/mol. The summed E-state index contributed by atoms with van der Waals surface area (Å²) in [5.41, 5.74) is 3.77. The van der Waals surface area contributed by atoms with Crippen molar-refractivity contribution in [2.24, 2.45) is 11.1 Å². The lowest BCUT2D eigenvalue weighted by molar-refractivity contribution is -0.0473. The molecule has 3 atom stereocenters. The van der Waals surface area contributed by atoms with Gasteiger partial charge in [-0.15, -0.1) is 0 Å². The predicted octanol–water partition coefficient (Wildman–Crippen LogP) is 1.18. The molecule has 0 spiro atoms. The third kappa shape index (κ3) is 3.86. The fourth-order valence-electron chi connectivity index (χ4n) is 4.86. The number of ether oxygens (including phenoxy) is 1. The molecule has 2 rings (SSSR count). The summed E-state index contributed by atoms with van der Waals surface area (Å²) >= 11 is 0. The highest BCUT2D eigenvalue weighted by Crippen LogP contribution is 2.53. The molecule has 156 valence electrons. The lowest BCUT2D eigenvalue weighted by Gasteiger charge is -2.51. The van der Waals surface area contributed by atoms with Crippen LogP contribution in [0.4, 0.5) is 9.59 Å². The van der Waals surface area contributed by atoms with E-state index in [1.54, 1.807) is 25.7 Å². The van der Waals surface area contributed by atoms with E-state index < -0.39 is 28.9 Å². The van der Waals surface area contributed by atoms with E-state index in [1.807, 2.05) is 0 Å². The summed E-state index contributed by atoms with van der Waals surface area (Å²) in [6.45, 7) is 5.60. The van der Waals surface area contributed by atoms with Crippen molar-refractivity contribution in [3.8, 4) is 0 Å². The first-order valence-corrected chi connectivity index (χ1v) is 9.53. The molecule has 3 unspecified atom stereocenters. The summed E-state index contributed by atoms with van der Waals surface area (Å²) in [5.74, 6) is 0. The van der Waals surface area contributed by atoms with Gasteiger partial charge in [-0.2, -0.15) is 0 Å². The quantitative estimate of drug-likeness (QED) is 0.556. The minimum atomic E-state index is -1.37. The van der Waals surface area contributed by atoms with Gasteiger partial charge in [-0.25, -0.2) is 9.59 Å². The van der Waals surface area contributed by atoms with Gasteiger partial charge in [0.2, 0.25) is 0 Å². The molecule has 9 heteroatoms. The van der Waals surface area contributed by atoms with Crippen molar-refractivity contribution in [1.82, 2.24) is 9.80 Å². The third-order valence-electron chi connectivity index (χ3n) is 5.93. The number of carbonyl (C=O) groups is 2. The Morgan fingerprint density at radius 3 is 2.33 bits per heavy atom. The molecule has 2 heterocycles. The van der Waals surface area contributed by atoms with Crippen LogP contribution in [0.15, 0.2) is 0 Å². The first-order chi connectivity index (χ1) is 12.5. The molecule has 0 aromatic heterocycles.